The van der Waals surface area contributed by atoms with E-state index < -0.39 is 0 Å². The van der Waals surface area contributed by atoms with Gasteiger partial charge in [-0.25, -0.2) is 0 Å². The van der Waals surface area contributed by atoms with Crippen molar-refractivity contribution in [1.82, 2.24) is 4.90 Å². The minimum absolute atomic E-state index is 0.122. The van der Waals surface area contributed by atoms with Gasteiger partial charge in [-0.3, -0.25) is 9.69 Å². The molecule has 1 saturated heterocycles. The van der Waals surface area contributed by atoms with Crippen LogP contribution in [0.15, 0.2) is 42.5 Å². The number of methoxy groups -OCH3 is 1. The molecule has 0 N–H and O–H groups in total. The first kappa shape index (κ1) is 17.1. The average Bonchev–Trinajstić information content (AvgIpc) is 3.13. The molecule has 0 aromatic heterocycles. The summed E-state index contributed by atoms with van der Waals surface area (Å²) in [5.74, 6) is 1.05. The summed E-state index contributed by atoms with van der Waals surface area (Å²) in [7, 11) is 1.68. The maximum Gasteiger partial charge on any atom is 0.244 e. The first-order valence-corrected chi connectivity index (χ1v) is 9.46. The molecule has 1 aliphatic heterocycles. The molecule has 1 atom stereocenters. The van der Waals surface area contributed by atoms with Crippen LogP contribution in [-0.2, 0) is 24.2 Å². The summed E-state index contributed by atoms with van der Waals surface area (Å²) in [6.07, 6.45) is 3.55. The molecule has 4 heteroatoms. The maximum atomic E-state index is 13.0. The number of hydrogen-bond donors (Lipinski definition) is 0. The number of amides is 1. The molecule has 0 spiro atoms. The van der Waals surface area contributed by atoms with E-state index in [2.05, 4.69) is 29.2 Å². The van der Waals surface area contributed by atoms with Crippen LogP contribution in [0.5, 0.6) is 5.75 Å². The van der Waals surface area contributed by atoms with Gasteiger partial charge in [-0.1, -0.05) is 18.2 Å². The second-order valence-corrected chi connectivity index (χ2v) is 7.29. The maximum absolute atomic E-state index is 13.0. The van der Waals surface area contributed by atoms with Crippen molar-refractivity contribution in [1.29, 1.82) is 0 Å². The predicted molar refractivity (Wildman–Crippen MR) is 104 cm³/mol. The Labute approximate surface area is 155 Å². The number of anilines is 1. The van der Waals surface area contributed by atoms with Crippen molar-refractivity contribution >= 4 is 11.6 Å². The highest BCUT2D eigenvalue weighted by molar-refractivity contribution is 5.97. The predicted octanol–water partition coefficient (Wildman–Crippen LogP) is 3.42. The van der Waals surface area contributed by atoms with E-state index in [1.165, 1.54) is 29.5 Å². The molecule has 2 aliphatic rings. The lowest BCUT2D eigenvalue weighted by Crippen LogP contribution is -2.55. The van der Waals surface area contributed by atoms with E-state index >= 15 is 0 Å². The molecule has 1 unspecified atom stereocenters. The number of fused-ring (bicyclic) bond motifs is 1. The first-order chi connectivity index (χ1) is 12.7. The Morgan fingerprint density at radius 3 is 2.77 bits per heavy atom. The van der Waals surface area contributed by atoms with Crippen molar-refractivity contribution in [2.24, 2.45) is 0 Å². The molecule has 26 heavy (non-hydrogen) atoms. The van der Waals surface area contributed by atoms with Gasteiger partial charge >= 0.3 is 0 Å². The van der Waals surface area contributed by atoms with E-state index in [0.717, 1.165) is 37.5 Å². The summed E-state index contributed by atoms with van der Waals surface area (Å²) >= 11 is 0. The highest BCUT2D eigenvalue weighted by Gasteiger charge is 2.32. The molecule has 1 fully saturated rings. The van der Waals surface area contributed by atoms with Gasteiger partial charge in [-0.2, -0.15) is 0 Å². The Morgan fingerprint density at radius 2 is 1.92 bits per heavy atom. The molecule has 0 saturated carbocycles. The van der Waals surface area contributed by atoms with Crippen molar-refractivity contribution in [2.75, 3.05) is 25.1 Å². The zero-order valence-corrected chi connectivity index (χ0v) is 15.6. The third-order valence-electron chi connectivity index (χ3n) is 5.70. The summed E-state index contributed by atoms with van der Waals surface area (Å²) in [5, 5.41) is 0. The van der Waals surface area contributed by atoms with Gasteiger partial charge < -0.3 is 9.64 Å². The van der Waals surface area contributed by atoms with Crippen LogP contribution in [0.25, 0.3) is 0 Å². The molecule has 136 valence electrons. The Kier molecular flexibility index (Phi) is 4.68. The summed E-state index contributed by atoms with van der Waals surface area (Å²) in [5.41, 5.74) is 5.10. The smallest absolute Gasteiger partial charge is 0.244 e. The minimum Gasteiger partial charge on any atom is -0.497 e. The van der Waals surface area contributed by atoms with Gasteiger partial charge in [0, 0.05) is 25.3 Å². The Bertz CT molecular complexity index is 818. The lowest BCUT2D eigenvalue weighted by Gasteiger charge is -2.39. The fourth-order valence-corrected chi connectivity index (χ4v) is 4.12. The summed E-state index contributed by atoms with van der Waals surface area (Å²) in [4.78, 5) is 17.2. The van der Waals surface area contributed by atoms with Crippen molar-refractivity contribution in [2.45, 2.75) is 38.8 Å². The minimum atomic E-state index is -0.122. The van der Waals surface area contributed by atoms with Crippen molar-refractivity contribution < 1.29 is 9.53 Å². The number of benzene rings is 2. The van der Waals surface area contributed by atoms with Gasteiger partial charge in [-0.05, 0) is 67.1 Å². The fourth-order valence-electron chi connectivity index (χ4n) is 4.12. The standard InChI is InChI=1S/C22H26N2O2/c1-16-22(25)24(20-10-9-18-6-4-7-19(18)14-20)12-11-23(16)15-17-5-3-8-21(13-17)26-2/h3,5,8-10,13-14,16H,4,6-7,11-12,15H2,1-2H3. The van der Waals surface area contributed by atoms with Crippen molar-refractivity contribution in [3.8, 4) is 5.75 Å². The largest absolute Gasteiger partial charge is 0.497 e. The number of aryl methyl sites for hydroxylation is 2. The van der Waals surface area contributed by atoms with Crippen LogP contribution in [-0.4, -0.2) is 37.0 Å². The van der Waals surface area contributed by atoms with Gasteiger partial charge in [0.05, 0.1) is 13.2 Å². The Balaban J connectivity index is 1.48. The Hall–Kier alpha value is -2.33. The van der Waals surface area contributed by atoms with Crippen LogP contribution in [0.4, 0.5) is 5.69 Å². The number of rotatable bonds is 4. The molecule has 0 bridgehead atoms. The van der Waals surface area contributed by atoms with Crippen LogP contribution < -0.4 is 9.64 Å². The molecule has 4 nitrogen and oxygen atoms in total. The topological polar surface area (TPSA) is 32.8 Å². The van der Waals surface area contributed by atoms with E-state index in [9.17, 15) is 4.79 Å². The van der Waals surface area contributed by atoms with Crippen LogP contribution >= 0.6 is 0 Å². The second kappa shape index (κ2) is 7.12. The van der Waals surface area contributed by atoms with E-state index in [1.807, 2.05) is 30.0 Å². The number of nitrogens with zero attached hydrogens (tertiary/aromatic N) is 2. The Morgan fingerprint density at radius 1 is 1.08 bits per heavy atom. The zero-order valence-electron chi connectivity index (χ0n) is 15.6. The van der Waals surface area contributed by atoms with E-state index in [4.69, 9.17) is 4.74 Å². The highest BCUT2D eigenvalue weighted by atomic mass is 16.5. The molecular formula is C22H26N2O2. The summed E-state index contributed by atoms with van der Waals surface area (Å²) in [6.45, 7) is 4.40. The van der Waals surface area contributed by atoms with Gasteiger partial charge in [0.25, 0.3) is 0 Å². The number of piperazine rings is 1. The van der Waals surface area contributed by atoms with Crippen LogP contribution in [0, 0.1) is 0 Å². The molecule has 1 amide bonds. The molecular weight excluding hydrogens is 324 g/mol. The third-order valence-corrected chi connectivity index (χ3v) is 5.70. The molecule has 2 aromatic carbocycles. The number of ether oxygens (including phenoxy) is 1. The normalized spacial score (nSPS) is 20.3. The quantitative estimate of drug-likeness (QED) is 0.847. The SMILES string of the molecule is COc1cccc(CN2CCN(c3ccc4c(c3)CCC4)C(=O)C2C)c1. The first-order valence-electron chi connectivity index (χ1n) is 9.46. The van der Waals surface area contributed by atoms with Crippen LogP contribution in [0.3, 0.4) is 0 Å². The van der Waals surface area contributed by atoms with Gasteiger partial charge in [0.1, 0.15) is 5.75 Å². The lowest BCUT2D eigenvalue weighted by atomic mass is 10.1. The fraction of sp³-hybridized carbons (Fsp3) is 0.409. The molecule has 4 rings (SSSR count). The van der Waals surface area contributed by atoms with E-state index in [1.54, 1.807) is 7.11 Å². The van der Waals surface area contributed by atoms with Gasteiger partial charge in [0.2, 0.25) is 5.91 Å². The summed E-state index contributed by atoms with van der Waals surface area (Å²) in [6, 6.07) is 14.5. The van der Waals surface area contributed by atoms with E-state index in [-0.39, 0.29) is 11.9 Å². The highest BCUT2D eigenvalue weighted by Crippen LogP contribution is 2.29. The zero-order chi connectivity index (χ0) is 18.1. The number of carbonyl (C=O) groups is 1. The molecule has 0 radical (unpaired) electrons. The lowest BCUT2D eigenvalue weighted by molar-refractivity contribution is -0.125. The third kappa shape index (κ3) is 3.21. The monoisotopic (exact) mass is 350 g/mol. The molecule has 1 heterocycles. The number of hydrogen-bond acceptors (Lipinski definition) is 3. The molecule has 2 aromatic rings. The number of carbonyl (C=O) groups excluding carboxylic acids is 1. The van der Waals surface area contributed by atoms with Crippen LogP contribution in [0.1, 0.15) is 30.0 Å². The van der Waals surface area contributed by atoms with Gasteiger partial charge in [-0.15, -0.1) is 0 Å². The van der Waals surface area contributed by atoms with Crippen molar-refractivity contribution in [3.63, 3.8) is 0 Å². The van der Waals surface area contributed by atoms with Crippen molar-refractivity contribution in [3.05, 3.63) is 59.2 Å². The molecule has 1 aliphatic carbocycles. The second-order valence-electron chi connectivity index (χ2n) is 7.29. The van der Waals surface area contributed by atoms with E-state index in [0.29, 0.717) is 0 Å². The van der Waals surface area contributed by atoms with Crippen LogP contribution in [0.2, 0.25) is 0 Å². The average molecular weight is 350 g/mol. The summed E-state index contributed by atoms with van der Waals surface area (Å²) < 4.78 is 5.31. The van der Waals surface area contributed by atoms with Gasteiger partial charge in [0.15, 0.2) is 0 Å².